The van der Waals surface area contributed by atoms with Crippen molar-refractivity contribution >= 4 is 23.7 Å². The Balaban J connectivity index is 1.59. The van der Waals surface area contributed by atoms with Gasteiger partial charge >= 0.3 is 0 Å². The lowest BCUT2D eigenvalue weighted by atomic mass is 10.1. The van der Waals surface area contributed by atoms with Crippen molar-refractivity contribution in [1.82, 2.24) is 5.43 Å². The van der Waals surface area contributed by atoms with Gasteiger partial charge in [-0.05, 0) is 41.8 Å². The highest BCUT2D eigenvalue weighted by atomic mass is 16.5. The number of ether oxygens (including phenoxy) is 1. The fourth-order valence-electron chi connectivity index (χ4n) is 3.03. The predicted molar refractivity (Wildman–Crippen MR) is 105 cm³/mol. The second-order valence-electron chi connectivity index (χ2n) is 6.44. The average molecular weight is 365 g/mol. The molecule has 0 spiro atoms. The molecule has 0 saturated carbocycles. The lowest BCUT2D eigenvalue weighted by Crippen LogP contribution is -2.30. The molecule has 1 atom stereocenters. The van der Waals surface area contributed by atoms with Gasteiger partial charge in [-0.25, -0.2) is 5.43 Å². The normalized spacial score (nSPS) is 16.7. The maximum Gasteiger partial charge on any atom is 0.245 e. The van der Waals surface area contributed by atoms with Crippen LogP contribution in [0.25, 0.3) is 0 Å². The molecule has 0 bridgehead atoms. The van der Waals surface area contributed by atoms with E-state index in [9.17, 15) is 9.59 Å². The van der Waals surface area contributed by atoms with E-state index in [-0.39, 0.29) is 18.2 Å². The number of rotatable bonds is 6. The fourth-order valence-corrected chi connectivity index (χ4v) is 3.03. The molecule has 2 aromatic rings. The molecular formula is C21H23N3O3. The van der Waals surface area contributed by atoms with Crippen molar-refractivity contribution < 1.29 is 14.3 Å². The third-order valence-electron chi connectivity index (χ3n) is 4.63. The first kappa shape index (κ1) is 18.6. The van der Waals surface area contributed by atoms with Crippen molar-refractivity contribution in [3.63, 3.8) is 0 Å². The molecule has 1 fully saturated rings. The molecule has 0 unspecified atom stereocenters. The summed E-state index contributed by atoms with van der Waals surface area (Å²) < 4.78 is 5.15. The molecule has 3 rings (SSSR count). The Kier molecular flexibility index (Phi) is 5.86. The van der Waals surface area contributed by atoms with Crippen LogP contribution in [0.3, 0.4) is 0 Å². The number of amides is 2. The van der Waals surface area contributed by atoms with Gasteiger partial charge in [-0.3, -0.25) is 9.59 Å². The first-order valence-corrected chi connectivity index (χ1v) is 8.97. The molecule has 1 saturated heterocycles. The molecule has 2 amide bonds. The van der Waals surface area contributed by atoms with E-state index in [1.807, 2.05) is 48.5 Å². The molecule has 6 nitrogen and oxygen atoms in total. The van der Waals surface area contributed by atoms with Gasteiger partial charge in [0, 0.05) is 18.7 Å². The lowest BCUT2D eigenvalue weighted by molar-refractivity contribution is -0.126. The zero-order chi connectivity index (χ0) is 19.2. The Morgan fingerprint density at radius 1 is 1.30 bits per heavy atom. The maximum atomic E-state index is 12.4. The van der Waals surface area contributed by atoms with Crippen LogP contribution in [0.5, 0.6) is 5.75 Å². The Morgan fingerprint density at radius 2 is 2.07 bits per heavy atom. The minimum atomic E-state index is -0.411. The maximum absolute atomic E-state index is 12.4. The molecule has 6 heteroatoms. The minimum Gasteiger partial charge on any atom is -0.497 e. The van der Waals surface area contributed by atoms with E-state index in [2.05, 4.69) is 17.5 Å². The van der Waals surface area contributed by atoms with Crippen molar-refractivity contribution in [3.05, 3.63) is 59.7 Å². The van der Waals surface area contributed by atoms with Gasteiger partial charge in [0.25, 0.3) is 0 Å². The highest BCUT2D eigenvalue weighted by Gasteiger charge is 2.35. The second-order valence-corrected chi connectivity index (χ2v) is 6.44. The van der Waals surface area contributed by atoms with Crippen LogP contribution in [-0.2, 0) is 16.0 Å². The topological polar surface area (TPSA) is 71.0 Å². The summed E-state index contributed by atoms with van der Waals surface area (Å²) in [7, 11) is 1.59. The summed E-state index contributed by atoms with van der Waals surface area (Å²) in [6, 6.07) is 15.2. The van der Waals surface area contributed by atoms with E-state index in [1.54, 1.807) is 18.2 Å². The van der Waals surface area contributed by atoms with Gasteiger partial charge < -0.3 is 9.64 Å². The first-order chi connectivity index (χ1) is 13.1. The number of anilines is 1. The van der Waals surface area contributed by atoms with Crippen LogP contribution in [0.4, 0.5) is 5.69 Å². The van der Waals surface area contributed by atoms with Crippen molar-refractivity contribution in [3.8, 4) is 5.75 Å². The summed E-state index contributed by atoms with van der Waals surface area (Å²) in [5, 5.41) is 4.00. The monoisotopic (exact) mass is 365 g/mol. The van der Waals surface area contributed by atoms with Crippen LogP contribution in [0, 0.1) is 5.92 Å². The summed E-state index contributed by atoms with van der Waals surface area (Å²) in [5.74, 6) is 0.00792. The molecule has 1 aliphatic rings. The van der Waals surface area contributed by atoms with E-state index in [0.29, 0.717) is 6.54 Å². The number of hydrazone groups is 1. The quantitative estimate of drug-likeness (QED) is 0.632. The van der Waals surface area contributed by atoms with Gasteiger partial charge in [0.05, 0.1) is 19.2 Å². The lowest BCUT2D eigenvalue weighted by Gasteiger charge is -2.16. The largest absolute Gasteiger partial charge is 0.497 e. The number of hydrogen-bond donors (Lipinski definition) is 1. The standard InChI is InChI=1S/C21H23N3O3/c1-3-15-7-9-18(10-8-15)24-14-17(12-20(24)25)21(26)23-22-13-16-5-4-6-19(11-16)27-2/h4-11,13,17H,3,12,14H2,1-2H3,(H,23,26)/b22-13-/t17-/m0/s1. The Hall–Kier alpha value is -3.15. The van der Waals surface area contributed by atoms with Gasteiger partial charge in [0.2, 0.25) is 11.8 Å². The molecule has 0 aromatic heterocycles. The third-order valence-corrected chi connectivity index (χ3v) is 4.63. The molecule has 0 aliphatic carbocycles. The highest BCUT2D eigenvalue weighted by Crippen LogP contribution is 2.25. The predicted octanol–water partition coefficient (Wildman–Crippen LogP) is 2.76. The average Bonchev–Trinajstić information content (AvgIpc) is 3.10. The van der Waals surface area contributed by atoms with Gasteiger partial charge in [0.15, 0.2) is 0 Å². The second kappa shape index (κ2) is 8.49. The molecule has 1 aliphatic heterocycles. The van der Waals surface area contributed by atoms with Gasteiger partial charge in [0.1, 0.15) is 5.75 Å². The summed E-state index contributed by atoms with van der Waals surface area (Å²) in [6.45, 7) is 2.45. The summed E-state index contributed by atoms with van der Waals surface area (Å²) in [5.41, 5.74) is 5.39. The van der Waals surface area contributed by atoms with Gasteiger partial charge in [-0.1, -0.05) is 31.2 Å². The van der Waals surface area contributed by atoms with Crippen molar-refractivity contribution in [2.45, 2.75) is 19.8 Å². The Labute approximate surface area is 158 Å². The zero-order valence-electron chi connectivity index (χ0n) is 15.5. The van der Waals surface area contributed by atoms with E-state index < -0.39 is 5.92 Å². The first-order valence-electron chi connectivity index (χ1n) is 8.97. The number of carbonyl (C=O) groups excluding carboxylic acids is 2. The molecule has 1 heterocycles. The number of methoxy groups -OCH3 is 1. The van der Waals surface area contributed by atoms with Crippen LogP contribution in [0.2, 0.25) is 0 Å². The molecule has 1 N–H and O–H groups in total. The van der Waals surface area contributed by atoms with Crippen LogP contribution < -0.4 is 15.1 Å². The van der Waals surface area contributed by atoms with Crippen molar-refractivity contribution in [2.75, 3.05) is 18.6 Å². The molecule has 140 valence electrons. The number of nitrogens with zero attached hydrogens (tertiary/aromatic N) is 2. The van der Waals surface area contributed by atoms with Gasteiger partial charge in [-0.15, -0.1) is 0 Å². The smallest absolute Gasteiger partial charge is 0.245 e. The van der Waals surface area contributed by atoms with E-state index in [4.69, 9.17) is 4.74 Å². The summed E-state index contributed by atoms with van der Waals surface area (Å²) >= 11 is 0. The third kappa shape index (κ3) is 4.53. The SMILES string of the molecule is CCc1ccc(N2C[C@@H](C(=O)N/N=C\c3cccc(OC)c3)CC2=O)cc1. The van der Waals surface area contributed by atoms with Crippen LogP contribution in [0.15, 0.2) is 53.6 Å². The number of carbonyl (C=O) groups is 2. The summed E-state index contributed by atoms with van der Waals surface area (Å²) in [4.78, 5) is 26.3. The van der Waals surface area contributed by atoms with E-state index in [1.165, 1.54) is 5.56 Å². The van der Waals surface area contributed by atoms with Crippen molar-refractivity contribution in [2.24, 2.45) is 11.0 Å². The Morgan fingerprint density at radius 3 is 2.78 bits per heavy atom. The van der Waals surface area contributed by atoms with Crippen LogP contribution in [0.1, 0.15) is 24.5 Å². The highest BCUT2D eigenvalue weighted by molar-refractivity contribution is 6.00. The number of nitrogens with one attached hydrogen (secondary N) is 1. The fraction of sp³-hybridized carbons (Fsp3) is 0.286. The van der Waals surface area contributed by atoms with Crippen molar-refractivity contribution in [1.29, 1.82) is 0 Å². The van der Waals surface area contributed by atoms with E-state index >= 15 is 0 Å². The van der Waals surface area contributed by atoms with Crippen LogP contribution >= 0.6 is 0 Å². The molecule has 27 heavy (non-hydrogen) atoms. The van der Waals surface area contributed by atoms with Crippen LogP contribution in [-0.4, -0.2) is 31.7 Å². The van der Waals surface area contributed by atoms with E-state index in [0.717, 1.165) is 23.4 Å². The number of aryl methyl sites for hydroxylation is 1. The Bertz CT molecular complexity index is 846. The molecular weight excluding hydrogens is 342 g/mol. The number of hydrogen-bond acceptors (Lipinski definition) is 4. The molecule has 2 aromatic carbocycles. The summed E-state index contributed by atoms with van der Waals surface area (Å²) in [6.07, 6.45) is 2.69. The zero-order valence-corrected chi connectivity index (χ0v) is 15.5. The number of benzene rings is 2. The molecule has 0 radical (unpaired) electrons. The van der Waals surface area contributed by atoms with Gasteiger partial charge in [-0.2, -0.15) is 5.10 Å². The minimum absolute atomic E-state index is 0.0452.